The van der Waals surface area contributed by atoms with Crippen molar-refractivity contribution in [3.05, 3.63) is 42.0 Å². The molecule has 2 aliphatic heterocycles. The predicted octanol–water partition coefficient (Wildman–Crippen LogP) is 2.50. The first-order chi connectivity index (χ1) is 16.4. The number of urea groups is 1. The molecule has 4 rings (SSSR count). The maximum atomic E-state index is 13.4. The Morgan fingerprint density at radius 2 is 1.79 bits per heavy atom. The molecule has 4 N–H and O–H groups in total. The monoisotopic (exact) mass is 470 g/mol. The molecule has 2 aromatic rings. The first-order valence-corrected chi connectivity index (χ1v) is 11.2. The number of aliphatic hydroxyl groups excluding tert-OH is 1. The predicted molar refractivity (Wildman–Crippen MR) is 127 cm³/mol. The van der Waals surface area contributed by atoms with Crippen LogP contribution in [-0.4, -0.2) is 67.6 Å². The van der Waals surface area contributed by atoms with E-state index in [0.29, 0.717) is 47.3 Å². The summed E-state index contributed by atoms with van der Waals surface area (Å²) >= 11 is 0. The van der Waals surface area contributed by atoms with Gasteiger partial charge in [0.15, 0.2) is 11.5 Å². The fourth-order valence-electron chi connectivity index (χ4n) is 4.01. The summed E-state index contributed by atoms with van der Waals surface area (Å²) in [7, 11) is 1.85. The number of hydrogen-bond donors (Lipinski definition) is 4. The Bertz CT molecular complexity index is 1060. The van der Waals surface area contributed by atoms with Crippen LogP contribution in [0.15, 0.2) is 36.4 Å². The van der Waals surface area contributed by atoms with Gasteiger partial charge in [0.25, 0.3) is 5.91 Å². The summed E-state index contributed by atoms with van der Waals surface area (Å²) in [5, 5.41) is 18.4. The Balaban J connectivity index is 1.55. The number of aliphatic hydroxyl groups is 1. The number of fused-ring (bicyclic) bond motifs is 2. The van der Waals surface area contributed by atoms with Crippen LogP contribution < -0.4 is 30.2 Å². The molecule has 0 aromatic heterocycles. The molecule has 0 spiro atoms. The number of ether oxygens (including phenoxy) is 3. The highest BCUT2D eigenvalue weighted by Gasteiger charge is 2.32. The average Bonchev–Trinajstić information content (AvgIpc) is 3.29. The maximum Gasteiger partial charge on any atom is 0.323 e. The molecule has 0 fully saturated rings. The Morgan fingerprint density at radius 1 is 1.12 bits per heavy atom. The van der Waals surface area contributed by atoms with E-state index in [4.69, 9.17) is 14.2 Å². The molecule has 0 aliphatic carbocycles. The van der Waals surface area contributed by atoms with Crippen molar-refractivity contribution in [1.29, 1.82) is 0 Å². The van der Waals surface area contributed by atoms with Crippen LogP contribution in [0.2, 0.25) is 0 Å². The lowest BCUT2D eigenvalue weighted by Crippen LogP contribution is -2.49. The minimum Gasteiger partial charge on any atom is -0.488 e. The number of hydrogen-bond acceptors (Lipinski definition) is 7. The number of nitrogens with one attached hydrogen (secondary N) is 3. The first kappa shape index (κ1) is 23.7. The van der Waals surface area contributed by atoms with E-state index in [1.54, 1.807) is 48.2 Å². The van der Waals surface area contributed by atoms with Gasteiger partial charge in [-0.05, 0) is 44.3 Å². The molecule has 10 heteroatoms. The van der Waals surface area contributed by atoms with Gasteiger partial charge in [-0.15, -0.1) is 0 Å². The summed E-state index contributed by atoms with van der Waals surface area (Å²) < 4.78 is 16.8. The van der Waals surface area contributed by atoms with Crippen molar-refractivity contribution in [3.8, 4) is 17.2 Å². The molecule has 2 heterocycles. The van der Waals surface area contributed by atoms with Gasteiger partial charge in [0.1, 0.15) is 11.9 Å². The lowest BCUT2D eigenvalue weighted by molar-refractivity contribution is 0.0416. The summed E-state index contributed by atoms with van der Waals surface area (Å²) in [5.41, 5.74) is 1.30. The van der Waals surface area contributed by atoms with E-state index in [0.717, 1.165) is 0 Å². The minimum atomic E-state index is -0.472. The van der Waals surface area contributed by atoms with Crippen molar-refractivity contribution in [2.75, 3.05) is 44.2 Å². The lowest BCUT2D eigenvalue weighted by Gasteiger charge is -2.37. The topological polar surface area (TPSA) is 121 Å². The summed E-state index contributed by atoms with van der Waals surface area (Å²) in [6.07, 6.45) is -0.168. The Morgan fingerprint density at radius 3 is 2.50 bits per heavy atom. The van der Waals surface area contributed by atoms with Crippen LogP contribution >= 0.6 is 0 Å². The van der Waals surface area contributed by atoms with Gasteiger partial charge < -0.3 is 40.2 Å². The highest BCUT2D eigenvalue weighted by Crippen LogP contribution is 2.34. The Hall–Kier alpha value is -3.50. The maximum absolute atomic E-state index is 13.4. The normalized spacial score (nSPS) is 20.0. The van der Waals surface area contributed by atoms with Gasteiger partial charge in [0, 0.05) is 36.4 Å². The van der Waals surface area contributed by atoms with Crippen LogP contribution in [0, 0.1) is 5.92 Å². The van der Waals surface area contributed by atoms with E-state index in [1.165, 1.54) is 0 Å². The van der Waals surface area contributed by atoms with Gasteiger partial charge in [-0.25, -0.2) is 4.79 Å². The van der Waals surface area contributed by atoms with E-state index in [9.17, 15) is 14.7 Å². The number of nitrogens with zero attached hydrogens (tertiary/aromatic N) is 1. The molecule has 2 aliphatic rings. The molecule has 0 bridgehead atoms. The molecule has 0 saturated carbocycles. The Kier molecular flexibility index (Phi) is 7.09. The van der Waals surface area contributed by atoms with Crippen LogP contribution in [0.5, 0.6) is 17.2 Å². The second-order valence-corrected chi connectivity index (χ2v) is 8.54. The van der Waals surface area contributed by atoms with Crippen molar-refractivity contribution in [2.45, 2.75) is 26.0 Å². The number of amides is 3. The third-order valence-electron chi connectivity index (χ3n) is 5.96. The minimum absolute atomic E-state index is 0.0452. The highest BCUT2D eigenvalue weighted by atomic mass is 16.7. The van der Waals surface area contributed by atoms with Crippen molar-refractivity contribution < 1.29 is 28.9 Å². The molecule has 0 unspecified atom stereocenters. The second-order valence-electron chi connectivity index (χ2n) is 8.54. The van der Waals surface area contributed by atoms with Gasteiger partial charge in [0.2, 0.25) is 6.79 Å². The number of carbonyl (C=O) groups is 2. The van der Waals surface area contributed by atoms with E-state index >= 15 is 0 Å². The summed E-state index contributed by atoms with van der Waals surface area (Å²) in [6.45, 7) is 4.87. The van der Waals surface area contributed by atoms with Crippen molar-refractivity contribution >= 4 is 23.3 Å². The molecule has 3 amide bonds. The zero-order valence-corrected chi connectivity index (χ0v) is 19.5. The average molecular weight is 471 g/mol. The van der Waals surface area contributed by atoms with E-state index in [2.05, 4.69) is 16.0 Å². The van der Waals surface area contributed by atoms with E-state index in [-0.39, 0.29) is 37.4 Å². The van der Waals surface area contributed by atoms with Crippen LogP contribution in [0.1, 0.15) is 24.2 Å². The first-order valence-electron chi connectivity index (χ1n) is 11.2. The molecule has 0 radical (unpaired) electrons. The fourth-order valence-corrected chi connectivity index (χ4v) is 4.01. The van der Waals surface area contributed by atoms with E-state index < -0.39 is 6.03 Å². The molecule has 182 valence electrons. The van der Waals surface area contributed by atoms with Gasteiger partial charge in [-0.1, -0.05) is 6.92 Å². The smallest absolute Gasteiger partial charge is 0.323 e. The molecule has 34 heavy (non-hydrogen) atoms. The highest BCUT2D eigenvalue weighted by molar-refractivity contribution is 6.02. The number of carbonyl (C=O) groups excluding carboxylic acids is 2. The molecule has 3 atom stereocenters. The van der Waals surface area contributed by atoms with Crippen LogP contribution in [0.25, 0.3) is 0 Å². The number of anilines is 2. The quantitative estimate of drug-likeness (QED) is 0.512. The fraction of sp³-hybridized carbons (Fsp3) is 0.417. The van der Waals surface area contributed by atoms with Crippen molar-refractivity contribution in [1.82, 2.24) is 10.2 Å². The molecular weight excluding hydrogens is 440 g/mol. The third kappa shape index (κ3) is 5.02. The summed E-state index contributed by atoms with van der Waals surface area (Å²) in [6, 6.07) is 9.25. The molecule has 2 aromatic carbocycles. The van der Waals surface area contributed by atoms with Gasteiger partial charge >= 0.3 is 6.03 Å². The van der Waals surface area contributed by atoms with Crippen LogP contribution in [-0.2, 0) is 0 Å². The lowest BCUT2D eigenvalue weighted by atomic mass is 9.99. The van der Waals surface area contributed by atoms with Crippen LogP contribution in [0.3, 0.4) is 0 Å². The summed E-state index contributed by atoms with van der Waals surface area (Å²) in [5.74, 6) is 1.41. The number of rotatable bonds is 6. The van der Waals surface area contributed by atoms with Crippen molar-refractivity contribution in [2.24, 2.45) is 5.92 Å². The summed E-state index contributed by atoms with van der Waals surface area (Å²) in [4.78, 5) is 27.7. The van der Waals surface area contributed by atoms with Crippen molar-refractivity contribution in [3.63, 3.8) is 0 Å². The van der Waals surface area contributed by atoms with E-state index in [1.807, 2.05) is 14.0 Å². The third-order valence-corrected chi connectivity index (χ3v) is 5.96. The molecule has 10 nitrogen and oxygen atoms in total. The Labute approximate surface area is 198 Å². The number of benzene rings is 2. The second kappa shape index (κ2) is 10.2. The largest absolute Gasteiger partial charge is 0.488 e. The molecular formula is C24H30N4O6. The van der Waals surface area contributed by atoms with Crippen LogP contribution in [0.4, 0.5) is 16.2 Å². The molecule has 0 saturated heterocycles. The zero-order valence-electron chi connectivity index (χ0n) is 19.5. The van der Waals surface area contributed by atoms with Gasteiger partial charge in [-0.3, -0.25) is 4.79 Å². The zero-order chi connectivity index (χ0) is 24.2. The van der Waals surface area contributed by atoms with Gasteiger partial charge in [0.05, 0.1) is 18.2 Å². The standard InChI is InChI=1S/C24H30N4O6/c1-14-11-28(15(2)12-29)23(30)18-8-16(4-6-19(18)34-22(14)10-25-3)26-24(31)27-17-5-7-20-21(9-17)33-13-32-20/h4-9,14-15,22,25,29H,10-13H2,1-3H3,(H2,26,27,31)/t14-,15-,22-/m0/s1. The van der Waals surface area contributed by atoms with Gasteiger partial charge in [-0.2, -0.15) is 0 Å². The SMILES string of the molecule is CNC[C@@H]1Oc2ccc(NC(=O)Nc3ccc4c(c3)OCO4)cc2C(=O)N([C@@H](C)CO)C[C@@H]1C. The number of likely N-dealkylation sites (N-methyl/N-ethyl adjacent to an activating group) is 1.